The molecule has 29 heavy (non-hydrogen) atoms. The Kier molecular flexibility index (Phi) is 2.73. The van der Waals surface area contributed by atoms with Crippen LogP contribution in [0.5, 0.6) is 11.5 Å². The quantitative estimate of drug-likeness (QED) is 0.362. The van der Waals surface area contributed by atoms with Gasteiger partial charge in [-0.1, -0.05) is 54.1 Å². The molecule has 0 fully saturated rings. The van der Waals surface area contributed by atoms with Gasteiger partial charge in [-0.05, 0) is 60.1 Å². The topological polar surface area (TPSA) is 14.2 Å². The number of hydrogen-bond acceptors (Lipinski definition) is 1. The van der Waals surface area contributed by atoms with E-state index in [1.54, 1.807) is 0 Å². The van der Waals surface area contributed by atoms with Gasteiger partial charge in [0.05, 0.1) is 11.0 Å². The molecule has 0 spiro atoms. The minimum absolute atomic E-state index is 0.199. The molecule has 2 aliphatic rings. The number of fused-ring (bicyclic) bond motifs is 8. The fourth-order valence-corrected chi connectivity index (χ4v) is 5.49. The lowest BCUT2D eigenvalue weighted by Gasteiger charge is -2.33. The van der Waals surface area contributed by atoms with Crippen LogP contribution in [0.15, 0.2) is 72.8 Å². The van der Waals surface area contributed by atoms with Gasteiger partial charge in [-0.15, -0.1) is 0 Å². The summed E-state index contributed by atoms with van der Waals surface area (Å²) in [6.45, 7) is 4.56. The van der Waals surface area contributed by atoms with Crippen LogP contribution in [0.2, 0.25) is 0 Å². The molecule has 0 N–H and O–H groups in total. The van der Waals surface area contributed by atoms with E-state index < -0.39 is 0 Å². The first-order chi connectivity index (χ1) is 14.2. The summed E-state index contributed by atoms with van der Waals surface area (Å²) in [4.78, 5) is 0. The normalized spacial score (nSPS) is 13.4. The molecule has 3 heteroatoms. The first-order valence-electron chi connectivity index (χ1n) is 10.2. The van der Waals surface area contributed by atoms with Crippen molar-refractivity contribution in [3.63, 3.8) is 0 Å². The minimum atomic E-state index is 0.199. The fraction of sp³-hybridized carbons (Fsp3) is 0.0769. The van der Waals surface area contributed by atoms with Crippen LogP contribution in [0, 0.1) is 13.8 Å². The minimum Gasteiger partial charge on any atom is -0.458 e. The number of rotatable bonds is 0. The van der Waals surface area contributed by atoms with Crippen molar-refractivity contribution >= 4 is 44.9 Å². The van der Waals surface area contributed by atoms with Crippen LogP contribution < -0.4 is 21.1 Å². The summed E-state index contributed by atoms with van der Waals surface area (Å²) in [6, 6.07) is 26.4. The van der Waals surface area contributed by atoms with Gasteiger partial charge >= 0.3 is 0 Å². The maximum atomic E-state index is 6.48. The molecule has 136 valence electrons. The molecule has 0 amide bonds. The molecule has 1 aromatic heterocycles. The van der Waals surface area contributed by atoms with E-state index in [0.29, 0.717) is 0 Å². The SMILES string of the molecule is Cc1ccc2c(c1)B1c3ccccc3-n3c4ccccc4c4c(C)cc(c1c43)O2. The molecule has 0 aliphatic carbocycles. The largest absolute Gasteiger partial charge is 0.458 e. The summed E-state index contributed by atoms with van der Waals surface area (Å²) >= 11 is 0. The van der Waals surface area contributed by atoms with E-state index in [1.165, 1.54) is 55.0 Å². The zero-order valence-electron chi connectivity index (χ0n) is 16.4. The summed E-state index contributed by atoms with van der Waals surface area (Å²) in [5.74, 6) is 1.97. The monoisotopic (exact) mass is 371 g/mol. The van der Waals surface area contributed by atoms with Crippen LogP contribution in [-0.2, 0) is 0 Å². The second kappa shape index (κ2) is 5.12. The Balaban J connectivity index is 1.77. The Morgan fingerprint density at radius 1 is 0.793 bits per heavy atom. The van der Waals surface area contributed by atoms with Crippen LogP contribution in [0.1, 0.15) is 11.1 Å². The highest BCUT2D eigenvalue weighted by Crippen LogP contribution is 2.39. The second-order valence-corrected chi connectivity index (χ2v) is 8.32. The molecular weight excluding hydrogens is 353 g/mol. The van der Waals surface area contributed by atoms with Gasteiger partial charge in [0.25, 0.3) is 6.71 Å². The third-order valence-corrected chi connectivity index (χ3v) is 6.61. The van der Waals surface area contributed by atoms with Crippen molar-refractivity contribution in [1.82, 2.24) is 4.57 Å². The summed E-state index contributed by atoms with van der Waals surface area (Å²) in [7, 11) is 0. The molecule has 2 nitrogen and oxygen atoms in total. The van der Waals surface area contributed by atoms with E-state index in [0.717, 1.165) is 11.5 Å². The Labute approximate surface area is 169 Å². The Bertz CT molecular complexity index is 1510. The highest BCUT2D eigenvalue weighted by atomic mass is 16.5. The third kappa shape index (κ3) is 1.79. The van der Waals surface area contributed by atoms with Gasteiger partial charge in [0.15, 0.2) is 0 Å². The molecule has 0 bridgehead atoms. The number of hydrogen-bond donors (Lipinski definition) is 0. The molecule has 3 heterocycles. The van der Waals surface area contributed by atoms with E-state index in [9.17, 15) is 0 Å². The third-order valence-electron chi connectivity index (χ3n) is 6.61. The van der Waals surface area contributed by atoms with Crippen molar-refractivity contribution in [2.75, 3.05) is 0 Å². The number of aromatic nitrogens is 1. The number of para-hydroxylation sites is 2. The maximum absolute atomic E-state index is 6.48. The van der Waals surface area contributed by atoms with Crippen molar-refractivity contribution in [3.8, 4) is 17.2 Å². The van der Waals surface area contributed by atoms with E-state index in [-0.39, 0.29) is 6.71 Å². The van der Waals surface area contributed by atoms with Crippen LogP contribution in [-0.4, -0.2) is 11.3 Å². The highest BCUT2D eigenvalue weighted by Gasteiger charge is 2.40. The molecular formula is C26H18BNO. The second-order valence-electron chi connectivity index (χ2n) is 8.32. The van der Waals surface area contributed by atoms with E-state index in [1.807, 2.05) is 0 Å². The predicted molar refractivity (Wildman–Crippen MR) is 121 cm³/mol. The Morgan fingerprint density at radius 3 is 2.55 bits per heavy atom. The lowest BCUT2D eigenvalue weighted by molar-refractivity contribution is 0.487. The molecule has 2 aliphatic heterocycles. The summed E-state index contributed by atoms with van der Waals surface area (Å²) < 4.78 is 8.93. The summed E-state index contributed by atoms with van der Waals surface area (Å²) in [5, 5.41) is 2.66. The van der Waals surface area contributed by atoms with Crippen LogP contribution >= 0.6 is 0 Å². The average molecular weight is 371 g/mol. The number of benzene rings is 4. The zero-order chi connectivity index (χ0) is 19.3. The molecule has 0 radical (unpaired) electrons. The predicted octanol–water partition coefficient (Wildman–Crippen LogP) is 4.34. The van der Waals surface area contributed by atoms with Crippen molar-refractivity contribution in [2.24, 2.45) is 0 Å². The van der Waals surface area contributed by atoms with Gasteiger partial charge in [0.2, 0.25) is 0 Å². The van der Waals surface area contributed by atoms with E-state index >= 15 is 0 Å². The maximum Gasteiger partial charge on any atom is 0.256 e. The average Bonchev–Trinajstić information content (AvgIpc) is 3.09. The van der Waals surface area contributed by atoms with Crippen LogP contribution in [0.4, 0.5) is 0 Å². The molecule has 0 saturated heterocycles. The fourth-order valence-electron chi connectivity index (χ4n) is 5.49. The number of aryl methyl sites for hydroxylation is 2. The molecule has 7 rings (SSSR count). The van der Waals surface area contributed by atoms with Crippen molar-refractivity contribution in [1.29, 1.82) is 0 Å². The van der Waals surface area contributed by atoms with Gasteiger partial charge in [0.1, 0.15) is 11.5 Å². The van der Waals surface area contributed by atoms with Crippen molar-refractivity contribution < 1.29 is 4.74 Å². The molecule has 5 aromatic rings. The van der Waals surface area contributed by atoms with Crippen LogP contribution in [0.25, 0.3) is 27.5 Å². The van der Waals surface area contributed by atoms with Gasteiger partial charge in [-0.3, -0.25) is 0 Å². The summed E-state index contributed by atoms with van der Waals surface area (Å²) in [6.07, 6.45) is 0. The smallest absolute Gasteiger partial charge is 0.256 e. The molecule has 0 unspecified atom stereocenters. The van der Waals surface area contributed by atoms with E-state index in [2.05, 4.69) is 91.2 Å². The number of nitrogens with zero attached hydrogens (tertiary/aromatic N) is 1. The van der Waals surface area contributed by atoms with Gasteiger partial charge in [-0.2, -0.15) is 0 Å². The van der Waals surface area contributed by atoms with Gasteiger partial charge in [-0.25, -0.2) is 0 Å². The van der Waals surface area contributed by atoms with Gasteiger partial charge in [0, 0.05) is 16.5 Å². The zero-order valence-corrected chi connectivity index (χ0v) is 16.4. The Morgan fingerprint density at radius 2 is 1.62 bits per heavy atom. The van der Waals surface area contributed by atoms with Gasteiger partial charge < -0.3 is 9.30 Å². The lowest BCUT2D eigenvalue weighted by atomic mass is 9.34. The Hall–Kier alpha value is -3.46. The first kappa shape index (κ1) is 15.5. The van der Waals surface area contributed by atoms with Crippen molar-refractivity contribution in [2.45, 2.75) is 13.8 Å². The van der Waals surface area contributed by atoms with Crippen LogP contribution in [0.3, 0.4) is 0 Å². The van der Waals surface area contributed by atoms with Crippen molar-refractivity contribution in [3.05, 3.63) is 83.9 Å². The number of ether oxygens (including phenoxy) is 1. The standard InChI is InChI=1S/C26H18BNO/c1-15-11-12-22-19(13-15)27-18-8-4-6-10-21(18)28-20-9-5-3-7-17(20)24-16(2)14-23(29-22)25(27)26(24)28/h3-14H,1-2H3. The summed E-state index contributed by atoms with van der Waals surface area (Å²) in [5.41, 5.74) is 10.3. The highest BCUT2D eigenvalue weighted by molar-refractivity contribution is 6.99. The molecule has 0 saturated carbocycles. The molecule has 0 atom stereocenters. The first-order valence-corrected chi connectivity index (χ1v) is 10.2. The molecule has 4 aromatic carbocycles. The van der Waals surface area contributed by atoms with E-state index in [4.69, 9.17) is 4.74 Å². The lowest BCUT2D eigenvalue weighted by Crippen LogP contribution is -2.58.